The van der Waals surface area contributed by atoms with E-state index in [0.717, 1.165) is 22.6 Å². The molecule has 0 aliphatic carbocycles. The number of hydrogen-bond acceptors (Lipinski definition) is 3. The molecule has 0 aliphatic rings. The third kappa shape index (κ3) is 5.13. The molecule has 0 saturated carbocycles. The molecule has 22 heavy (non-hydrogen) atoms. The van der Waals surface area contributed by atoms with Crippen LogP contribution in [0.1, 0.15) is 17.5 Å². The van der Waals surface area contributed by atoms with Gasteiger partial charge in [0.05, 0.1) is 6.54 Å². The Hall–Kier alpha value is -2.49. The summed E-state index contributed by atoms with van der Waals surface area (Å²) >= 11 is 0. The average molecular weight is 298 g/mol. The van der Waals surface area contributed by atoms with E-state index in [1.807, 2.05) is 55.5 Å². The van der Waals surface area contributed by atoms with E-state index < -0.39 is 0 Å². The van der Waals surface area contributed by atoms with E-state index in [1.54, 1.807) is 0 Å². The molecule has 0 unspecified atom stereocenters. The minimum absolute atomic E-state index is 0.0103. The van der Waals surface area contributed by atoms with Crippen LogP contribution in [0.25, 0.3) is 0 Å². The molecule has 0 saturated heterocycles. The van der Waals surface area contributed by atoms with Crippen LogP contribution >= 0.6 is 0 Å². The number of benzene rings is 2. The average Bonchev–Trinajstić information content (AvgIpc) is 2.51. The van der Waals surface area contributed by atoms with Crippen molar-refractivity contribution in [2.24, 2.45) is 0 Å². The normalized spacial score (nSPS) is 10.2. The SMILES string of the molecule is Cc1cccc(OCCNC(=O)CCc2ccccc2N)c1. The molecule has 3 N–H and O–H groups in total. The fourth-order valence-electron chi connectivity index (χ4n) is 2.16. The van der Waals surface area contributed by atoms with Crippen molar-refractivity contribution in [2.75, 3.05) is 18.9 Å². The molecular weight excluding hydrogens is 276 g/mol. The summed E-state index contributed by atoms with van der Waals surface area (Å²) in [5.41, 5.74) is 8.75. The van der Waals surface area contributed by atoms with Gasteiger partial charge in [-0.1, -0.05) is 30.3 Å². The lowest BCUT2D eigenvalue weighted by molar-refractivity contribution is -0.121. The molecule has 0 spiro atoms. The zero-order valence-electron chi connectivity index (χ0n) is 12.8. The monoisotopic (exact) mass is 298 g/mol. The quantitative estimate of drug-likeness (QED) is 0.610. The molecule has 1 amide bonds. The van der Waals surface area contributed by atoms with Gasteiger partial charge in [-0.3, -0.25) is 4.79 Å². The van der Waals surface area contributed by atoms with Crippen molar-refractivity contribution in [3.05, 3.63) is 59.7 Å². The van der Waals surface area contributed by atoms with Gasteiger partial charge in [0, 0.05) is 12.1 Å². The molecule has 2 aromatic carbocycles. The predicted molar refractivity (Wildman–Crippen MR) is 88.9 cm³/mol. The first-order chi connectivity index (χ1) is 10.6. The third-order valence-electron chi connectivity index (χ3n) is 3.36. The van der Waals surface area contributed by atoms with Crippen LogP contribution in [0, 0.1) is 6.92 Å². The van der Waals surface area contributed by atoms with Gasteiger partial charge in [-0.25, -0.2) is 0 Å². The van der Waals surface area contributed by atoms with Gasteiger partial charge in [0.2, 0.25) is 5.91 Å². The Bertz CT molecular complexity index is 626. The summed E-state index contributed by atoms with van der Waals surface area (Å²) in [6, 6.07) is 15.5. The van der Waals surface area contributed by atoms with Gasteiger partial charge in [-0.2, -0.15) is 0 Å². The number of nitrogens with one attached hydrogen (secondary N) is 1. The van der Waals surface area contributed by atoms with Crippen LogP contribution in [-0.4, -0.2) is 19.1 Å². The summed E-state index contributed by atoms with van der Waals surface area (Å²) in [5.74, 6) is 0.836. The second kappa shape index (κ2) is 8.08. The van der Waals surface area contributed by atoms with Gasteiger partial charge in [0.25, 0.3) is 0 Å². The molecule has 0 fully saturated rings. The molecule has 0 atom stereocenters. The molecule has 0 bridgehead atoms. The summed E-state index contributed by atoms with van der Waals surface area (Å²) < 4.78 is 5.58. The molecule has 0 heterocycles. The Kier molecular flexibility index (Phi) is 5.83. The van der Waals surface area contributed by atoms with E-state index in [-0.39, 0.29) is 5.91 Å². The summed E-state index contributed by atoms with van der Waals surface area (Å²) in [6.45, 7) is 2.98. The molecule has 2 aromatic rings. The van der Waals surface area contributed by atoms with Crippen LogP contribution in [0.15, 0.2) is 48.5 Å². The van der Waals surface area contributed by atoms with Gasteiger partial charge in [-0.05, 0) is 42.7 Å². The number of ether oxygens (including phenoxy) is 1. The van der Waals surface area contributed by atoms with E-state index in [9.17, 15) is 4.79 Å². The van der Waals surface area contributed by atoms with Crippen LogP contribution < -0.4 is 15.8 Å². The van der Waals surface area contributed by atoms with E-state index in [2.05, 4.69) is 5.32 Å². The molecule has 4 nitrogen and oxygen atoms in total. The maximum absolute atomic E-state index is 11.8. The molecule has 2 rings (SSSR count). The second-order valence-corrected chi connectivity index (χ2v) is 5.21. The Morgan fingerprint density at radius 3 is 2.77 bits per heavy atom. The van der Waals surface area contributed by atoms with E-state index in [4.69, 9.17) is 10.5 Å². The predicted octanol–water partition coefficient (Wildman–Crippen LogP) is 2.71. The van der Waals surface area contributed by atoms with Gasteiger partial charge in [0.15, 0.2) is 0 Å². The first-order valence-electron chi connectivity index (χ1n) is 7.44. The standard InChI is InChI=1S/C18H22N2O2/c1-14-5-4-7-16(13-14)22-12-11-20-18(21)10-9-15-6-2-3-8-17(15)19/h2-8,13H,9-12,19H2,1H3,(H,20,21). The Morgan fingerprint density at radius 2 is 2.00 bits per heavy atom. The van der Waals surface area contributed by atoms with Crippen molar-refractivity contribution in [2.45, 2.75) is 19.8 Å². The number of carbonyl (C=O) groups excluding carboxylic acids is 1. The molecular formula is C18H22N2O2. The number of anilines is 1. The number of hydrogen-bond donors (Lipinski definition) is 2. The number of aryl methyl sites for hydroxylation is 2. The Labute approximate surface area is 131 Å². The fraction of sp³-hybridized carbons (Fsp3) is 0.278. The number of carbonyl (C=O) groups is 1. The van der Waals surface area contributed by atoms with Crippen LogP contribution in [0.3, 0.4) is 0 Å². The van der Waals surface area contributed by atoms with Crippen LogP contribution in [0.4, 0.5) is 5.69 Å². The highest BCUT2D eigenvalue weighted by Gasteiger charge is 2.04. The fourth-order valence-corrected chi connectivity index (χ4v) is 2.16. The number of nitrogens with two attached hydrogens (primary N) is 1. The summed E-state index contributed by atoms with van der Waals surface area (Å²) in [4.78, 5) is 11.8. The number of nitrogen functional groups attached to an aromatic ring is 1. The lowest BCUT2D eigenvalue weighted by Crippen LogP contribution is -2.28. The van der Waals surface area contributed by atoms with Crippen LogP contribution in [-0.2, 0) is 11.2 Å². The number of para-hydroxylation sites is 1. The van der Waals surface area contributed by atoms with Crippen LogP contribution in [0.2, 0.25) is 0 Å². The highest BCUT2D eigenvalue weighted by atomic mass is 16.5. The van der Waals surface area contributed by atoms with Crippen molar-refractivity contribution in [1.82, 2.24) is 5.32 Å². The van der Waals surface area contributed by atoms with Gasteiger partial charge in [-0.15, -0.1) is 0 Å². The van der Waals surface area contributed by atoms with E-state index >= 15 is 0 Å². The highest BCUT2D eigenvalue weighted by Crippen LogP contribution is 2.13. The minimum Gasteiger partial charge on any atom is -0.492 e. The zero-order chi connectivity index (χ0) is 15.8. The Balaban J connectivity index is 1.65. The lowest BCUT2D eigenvalue weighted by Gasteiger charge is -2.09. The lowest BCUT2D eigenvalue weighted by atomic mass is 10.1. The largest absolute Gasteiger partial charge is 0.492 e. The molecule has 0 aromatic heterocycles. The maximum Gasteiger partial charge on any atom is 0.220 e. The summed E-state index contributed by atoms with van der Waals surface area (Å²) in [6.07, 6.45) is 1.08. The first-order valence-corrected chi connectivity index (χ1v) is 7.44. The zero-order valence-corrected chi connectivity index (χ0v) is 12.8. The maximum atomic E-state index is 11.8. The number of amides is 1. The highest BCUT2D eigenvalue weighted by molar-refractivity contribution is 5.76. The minimum atomic E-state index is 0.0103. The molecule has 116 valence electrons. The molecule has 4 heteroatoms. The van der Waals surface area contributed by atoms with Gasteiger partial charge in [0.1, 0.15) is 12.4 Å². The van der Waals surface area contributed by atoms with Crippen molar-refractivity contribution in [3.8, 4) is 5.75 Å². The number of rotatable bonds is 7. The van der Waals surface area contributed by atoms with Crippen LogP contribution in [0.5, 0.6) is 5.75 Å². The van der Waals surface area contributed by atoms with Crippen molar-refractivity contribution < 1.29 is 9.53 Å². The van der Waals surface area contributed by atoms with E-state index in [0.29, 0.717) is 26.0 Å². The summed E-state index contributed by atoms with van der Waals surface area (Å²) in [7, 11) is 0. The topological polar surface area (TPSA) is 64.3 Å². The van der Waals surface area contributed by atoms with E-state index in [1.165, 1.54) is 0 Å². The smallest absolute Gasteiger partial charge is 0.220 e. The van der Waals surface area contributed by atoms with Gasteiger partial charge >= 0.3 is 0 Å². The molecule has 0 aliphatic heterocycles. The van der Waals surface area contributed by atoms with Crippen molar-refractivity contribution in [1.29, 1.82) is 0 Å². The third-order valence-corrected chi connectivity index (χ3v) is 3.36. The first kappa shape index (κ1) is 15.9. The van der Waals surface area contributed by atoms with Crippen molar-refractivity contribution in [3.63, 3.8) is 0 Å². The molecule has 0 radical (unpaired) electrons. The van der Waals surface area contributed by atoms with Crippen molar-refractivity contribution >= 4 is 11.6 Å². The van der Waals surface area contributed by atoms with Gasteiger partial charge < -0.3 is 15.8 Å². The Morgan fingerprint density at radius 1 is 1.18 bits per heavy atom. The summed E-state index contributed by atoms with van der Waals surface area (Å²) in [5, 5.41) is 2.85. The second-order valence-electron chi connectivity index (χ2n) is 5.21.